The zero-order valence-corrected chi connectivity index (χ0v) is 26.7. The Morgan fingerprint density at radius 1 is 1.12 bits per heavy atom. The van der Waals surface area contributed by atoms with Crippen molar-refractivity contribution in [1.29, 1.82) is 0 Å². The lowest BCUT2D eigenvalue weighted by Crippen LogP contribution is -2.62. The van der Waals surface area contributed by atoms with Crippen LogP contribution < -0.4 is 15.4 Å². The first-order valence-corrected chi connectivity index (χ1v) is 15.6. The standard InChI is InChI=1S/C35H29F6N5O4/c1-18-43-30-25(45(18)2)14-22(35(39,40)41)28-21-5-4-9-46-26(13-19(31(21)46)7-10-50-33(28)30)32(48)20-11-23(37)29(24(38)12-20)44-27(47)6-3-8-42-34(15-36)16-49-17-34/h3-6,9,11-14,42H,7-8,10,15-17H2,1-2H3,(H,44,47)/b6-3+. The quantitative estimate of drug-likeness (QED) is 0.116. The van der Waals surface area contributed by atoms with E-state index >= 15 is 8.78 Å². The molecule has 1 amide bonds. The number of imidazole rings is 1. The second-order valence-corrected chi connectivity index (χ2v) is 12.3. The molecule has 15 heteroatoms. The van der Waals surface area contributed by atoms with Crippen molar-refractivity contribution >= 4 is 33.9 Å². The zero-order valence-electron chi connectivity index (χ0n) is 26.7. The van der Waals surface area contributed by atoms with E-state index in [0.29, 0.717) is 16.9 Å². The van der Waals surface area contributed by atoms with E-state index in [-0.39, 0.29) is 72.0 Å². The average Bonchev–Trinajstić information content (AvgIpc) is 3.56. The van der Waals surface area contributed by atoms with Gasteiger partial charge in [0, 0.05) is 49.0 Å². The van der Waals surface area contributed by atoms with Crippen LogP contribution in [0.2, 0.25) is 0 Å². The minimum Gasteiger partial charge on any atom is -0.490 e. The highest BCUT2D eigenvalue weighted by Gasteiger charge is 2.39. The summed E-state index contributed by atoms with van der Waals surface area (Å²) in [5.41, 5.74) is -1.74. The van der Waals surface area contributed by atoms with E-state index in [1.165, 1.54) is 34.9 Å². The van der Waals surface area contributed by atoms with Gasteiger partial charge in [-0.3, -0.25) is 9.59 Å². The predicted octanol–water partition coefficient (Wildman–Crippen LogP) is 6.09. The number of ether oxygens (including phenoxy) is 2. The number of carbonyl (C=O) groups excluding carboxylic acids is 2. The molecule has 2 aromatic carbocycles. The molecule has 0 saturated carbocycles. The molecule has 260 valence electrons. The molecular weight excluding hydrogens is 668 g/mol. The maximum absolute atomic E-state index is 15.2. The highest BCUT2D eigenvalue weighted by Crippen LogP contribution is 2.48. The molecule has 2 N–H and O–H groups in total. The topological polar surface area (TPSA) is 98.9 Å². The maximum Gasteiger partial charge on any atom is 0.417 e. The Bertz CT molecular complexity index is 2210. The molecule has 2 aliphatic heterocycles. The molecule has 0 unspecified atom stereocenters. The number of aromatic nitrogens is 3. The van der Waals surface area contributed by atoms with Gasteiger partial charge in [-0.05, 0) is 42.8 Å². The van der Waals surface area contributed by atoms with Gasteiger partial charge in [-0.2, -0.15) is 13.2 Å². The molecule has 1 fully saturated rings. The highest BCUT2D eigenvalue weighted by molar-refractivity contribution is 6.10. The lowest BCUT2D eigenvalue weighted by molar-refractivity contribution is -0.137. The lowest BCUT2D eigenvalue weighted by Gasteiger charge is -2.39. The van der Waals surface area contributed by atoms with Crippen molar-refractivity contribution in [2.75, 3.05) is 38.4 Å². The van der Waals surface area contributed by atoms with Gasteiger partial charge in [-0.1, -0.05) is 12.1 Å². The smallest absolute Gasteiger partial charge is 0.417 e. The fraction of sp³-hybridized carbons (Fsp3) is 0.286. The number of nitrogens with zero attached hydrogens (tertiary/aromatic N) is 3. The van der Waals surface area contributed by atoms with Crippen LogP contribution in [0.25, 0.3) is 27.7 Å². The number of nitrogens with one attached hydrogen (secondary N) is 2. The van der Waals surface area contributed by atoms with Gasteiger partial charge in [0.1, 0.15) is 35.3 Å². The van der Waals surface area contributed by atoms with Crippen molar-refractivity contribution < 1.29 is 45.4 Å². The third kappa shape index (κ3) is 5.59. The zero-order chi connectivity index (χ0) is 35.5. The molecule has 0 spiro atoms. The molecule has 5 heterocycles. The van der Waals surface area contributed by atoms with Crippen LogP contribution in [0.4, 0.5) is 32.0 Å². The van der Waals surface area contributed by atoms with Gasteiger partial charge in [0.05, 0.1) is 47.7 Å². The van der Waals surface area contributed by atoms with Crippen LogP contribution in [0.5, 0.6) is 5.75 Å². The molecule has 1 saturated heterocycles. The first kappa shape index (κ1) is 33.4. The van der Waals surface area contributed by atoms with Gasteiger partial charge < -0.3 is 29.1 Å². The summed E-state index contributed by atoms with van der Waals surface area (Å²) < 4.78 is 101. The predicted molar refractivity (Wildman–Crippen MR) is 171 cm³/mol. The van der Waals surface area contributed by atoms with Crippen LogP contribution >= 0.6 is 0 Å². The van der Waals surface area contributed by atoms with Crippen LogP contribution in [0.3, 0.4) is 0 Å². The monoisotopic (exact) mass is 697 g/mol. The molecule has 3 aromatic heterocycles. The van der Waals surface area contributed by atoms with Gasteiger partial charge in [0.15, 0.2) is 5.75 Å². The van der Waals surface area contributed by atoms with Crippen LogP contribution in [0.15, 0.2) is 54.7 Å². The van der Waals surface area contributed by atoms with Gasteiger partial charge in [-0.25, -0.2) is 18.2 Å². The Labute approximate surface area is 280 Å². The van der Waals surface area contributed by atoms with Crippen LogP contribution in [0.1, 0.15) is 33.0 Å². The van der Waals surface area contributed by atoms with E-state index < -0.39 is 53.0 Å². The molecule has 0 atom stereocenters. The SMILES string of the molecule is Cc1nc2c3c(c(C(F)(F)F)cc2n1C)-c1cccn2c(C(=O)c4cc(F)c(NC(=O)/C=C/CNC5(CF)COC5)c(F)c4)cc(c12)CCO3. The summed E-state index contributed by atoms with van der Waals surface area (Å²) in [6, 6.07) is 7.02. The fourth-order valence-electron chi connectivity index (χ4n) is 6.36. The number of benzene rings is 2. The summed E-state index contributed by atoms with van der Waals surface area (Å²) in [7, 11) is 1.61. The molecular formula is C35H29F6N5O4. The van der Waals surface area contributed by atoms with Crippen molar-refractivity contribution in [2.45, 2.75) is 25.1 Å². The number of pyridine rings is 1. The Kier molecular flexibility index (Phi) is 8.22. The number of hydrogen-bond donors (Lipinski definition) is 2. The van der Waals surface area contributed by atoms with E-state index in [1.807, 2.05) is 0 Å². The van der Waals surface area contributed by atoms with Gasteiger partial charge in [0.2, 0.25) is 11.7 Å². The van der Waals surface area contributed by atoms with Gasteiger partial charge in [0.25, 0.3) is 0 Å². The molecule has 0 radical (unpaired) electrons. The molecule has 2 aliphatic rings. The number of amides is 1. The number of ketones is 1. The van der Waals surface area contributed by atoms with Crippen molar-refractivity contribution in [1.82, 2.24) is 19.3 Å². The van der Waals surface area contributed by atoms with E-state index in [0.717, 1.165) is 24.3 Å². The van der Waals surface area contributed by atoms with Crippen molar-refractivity contribution in [3.8, 4) is 16.9 Å². The Balaban J connectivity index is 1.23. The molecule has 7 rings (SSSR count). The Hall–Kier alpha value is -5.15. The molecule has 0 bridgehead atoms. The number of alkyl halides is 4. The number of fused-ring (bicyclic) bond motifs is 4. The van der Waals surface area contributed by atoms with Gasteiger partial charge in [-0.15, -0.1) is 0 Å². The number of aryl methyl sites for hydroxylation is 2. The largest absolute Gasteiger partial charge is 0.490 e. The Morgan fingerprint density at radius 3 is 2.52 bits per heavy atom. The summed E-state index contributed by atoms with van der Waals surface area (Å²) in [6.45, 7) is 1.45. The first-order valence-electron chi connectivity index (χ1n) is 15.6. The number of rotatable bonds is 8. The van der Waals surface area contributed by atoms with Crippen molar-refractivity contribution in [2.24, 2.45) is 7.05 Å². The molecule has 5 aromatic rings. The normalized spacial score (nSPS) is 15.4. The minimum absolute atomic E-state index is 0.0316. The third-order valence-corrected chi connectivity index (χ3v) is 9.08. The minimum atomic E-state index is -4.78. The van der Waals surface area contributed by atoms with E-state index in [9.17, 15) is 27.2 Å². The summed E-state index contributed by atoms with van der Waals surface area (Å²) in [6.07, 6.45) is -0.693. The average molecular weight is 698 g/mol. The van der Waals surface area contributed by atoms with Crippen molar-refractivity contribution in [3.05, 3.63) is 94.6 Å². The van der Waals surface area contributed by atoms with Crippen LogP contribution in [0, 0.1) is 18.6 Å². The second kappa shape index (κ2) is 12.3. The molecule has 9 nitrogen and oxygen atoms in total. The van der Waals surface area contributed by atoms with E-state index in [2.05, 4.69) is 15.6 Å². The maximum atomic E-state index is 15.2. The molecule has 0 aliphatic carbocycles. The number of anilines is 1. The van der Waals surface area contributed by atoms with E-state index in [4.69, 9.17) is 9.47 Å². The van der Waals surface area contributed by atoms with Gasteiger partial charge >= 0.3 is 6.18 Å². The Morgan fingerprint density at radius 2 is 1.86 bits per heavy atom. The number of carbonyl (C=O) groups is 2. The fourth-order valence-corrected chi connectivity index (χ4v) is 6.36. The summed E-state index contributed by atoms with van der Waals surface area (Å²) >= 11 is 0. The third-order valence-electron chi connectivity index (χ3n) is 9.08. The highest BCUT2D eigenvalue weighted by atomic mass is 19.4. The van der Waals surface area contributed by atoms with Crippen molar-refractivity contribution in [3.63, 3.8) is 0 Å². The second-order valence-electron chi connectivity index (χ2n) is 12.3. The summed E-state index contributed by atoms with van der Waals surface area (Å²) in [5, 5.41) is 5.01. The summed E-state index contributed by atoms with van der Waals surface area (Å²) in [5.74, 6) is -3.65. The number of halogens is 6. The lowest BCUT2D eigenvalue weighted by atomic mass is 9.94. The number of hydrogen-bond acceptors (Lipinski definition) is 6. The first-order chi connectivity index (χ1) is 23.8. The van der Waals surface area contributed by atoms with Crippen LogP contribution in [-0.2, 0) is 29.2 Å². The molecule has 50 heavy (non-hydrogen) atoms. The van der Waals surface area contributed by atoms with Crippen LogP contribution in [-0.4, -0.2) is 64.2 Å². The summed E-state index contributed by atoms with van der Waals surface area (Å²) in [4.78, 5) is 30.7. The van der Waals surface area contributed by atoms with E-state index in [1.54, 1.807) is 18.5 Å².